The van der Waals surface area contributed by atoms with Crippen LogP contribution >= 0.6 is 0 Å². The molecule has 0 aromatic heterocycles. The van der Waals surface area contributed by atoms with Crippen molar-refractivity contribution >= 4 is 11.6 Å². The van der Waals surface area contributed by atoms with Crippen LogP contribution in [0.5, 0.6) is 5.75 Å². The van der Waals surface area contributed by atoms with E-state index in [0.29, 0.717) is 43.5 Å². The Labute approximate surface area is 120 Å². The molecule has 0 unspecified atom stereocenters. The normalized spacial score (nSPS) is 10.6. The minimum Gasteiger partial charge on any atom is -0.493 e. The van der Waals surface area contributed by atoms with Crippen LogP contribution in [0.3, 0.4) is 0 Å². The quantitative estimate of drug-likeness (QED) is 0.534. The van der Waals surface area contributed by atoms with Gasteiger partial charge in [0.25, 0.3) is 0 Å². The number of amides is 1. The van der Waals surface area contributed by atoms with Crippen LogP contribution in [-0.4, -0.2) is 32.3 Å². The highest BCUT2D eigenvalue weighted by molar-refractivity contribution is 5.75. The first kappa shape index (κ1) is 16.3. The molecule has 0 heterocycles. The first-order chi connectivity index (χ1) is 9.58. The number of carbonyl (C=O) groups excluding carboxylic acids is 1. The molecular formula is C15H24N2O3. The van der Waals surface area contributed by atoms with Crippen molar-refractivity contribution in [3.8, 4) is 5.75 Å². The number of nitrogens with two attached hydrogens (primary N) is 1. The number of carbonyl (C=O) groups is 1. The Bertz CT molecular complexity index is 391. The van der Waals surface area contributed by atoms with Gasteiger partial charge < -0.3 is 20.5 Å². The van der Waals surface area contributed by atoms with Crippen molar-refractivity contribution in [2.75, 3.05) is 32.1 Å². The maximum absolute atomic E-state index is 11.5. The minimum absolute atomic E-state index is 0.0337. The van der Waals surface area contributed by atoms with Crippen molar-refractivity contribution in [2.24, 2.45) is 5.92 Å². The van der Waals surface area contributed by atoms with Crippen LogP contribution in [-0.2, 0) is 9.53 Å². The number of rotatable bonds is 9. The first-order valence-electron chi connectivity index (χ1n) is 6.90. The van der Waals surface area contributed by atoms with Crippen molar-refractivity contribution in [1.82, 2.24) is 5.32 Å². The van der Waals surface area contributed by atoms with Crippen LogP contribution in [0.1, 0.15) is 20.3 Å². The largest absolute Gasteiger partial charge is 0.493 e. The molecule has 1 rings (SSSR count). The molecule has 1 amide bonds. The maximum atomic E-state index is 11.5. The summed E-state index contributed by atoms with van der Waals surface area (Å²) in [5.74, 6) is 1.19. The molecule has 0 atom stereocenters. The Morgan fingerprint density at radius 2 is 1.95 bits per heavy atom. The monoisotopic (exact) mass is 280 g/mol. The number of nitrogens with one attached hydrogen (secondary N) is 1. The smallest absolute Gasteiger partial charge is 0.223 e. The summed E-state index contributed by atoms with van der Waals surface area (Å²) in [5.41, 5.74) is 6.26. The predicted molar refractivity (Wildman–Crippen MR) is 79.6 cm³/mol. The van der Waals surface area contributed by atoms with Gasteiger partial charge in [-0.15, -0.1) is 0 Å². The van der Waals surface area contributed by atoms with E-state index in [0.717, 1.165) is 6.61 Å². The van der Waals surface area contributed by atoms with E-state index in [1.54, 1.807) is 24.3 Å². The molecule has 112 valence electrons. The fraction of sp³-hybridized carbons (Fsp3) is 0.533. The highest BCUT2D eigenvalue weighted by atomic mass is 16.5. The summed E-state index contributed by atoms with van der Waals surface area (Å²) < 4.78 is 10.8. The van der Waals surface area contributed by atoms with Gasteiger partial charge in [0, 0.05) is 18.8 Å². The lowest BCUT2D eigenvalue weighted by Gasteiger charge is -2.09. The summed E-state index contributed by atoms with van der Waals surface area (Å²) in [5, 5.41) is 2.79. The SMILES string of the molecule is CC(C)COCCNC(=O)CCOc1ccc(N)cc1. The van der Waals surface area contributed by atoms with Crippen LogP contribution in [0.2, 0.25) is 0 Å². The molecule has 5 nitrogen and oxygen atoms in total. The summed E-state index contributed by atoms with van der Waals surface area (Å²) in [6.45, 7) is 6.33. The van der Waals surface area contributed by atoms with Crippen LogP contribution in [0, 0.1) is 5.92 Å². The van der Waals surface area contributed by atoms with Crippen LogP contribution in [0.25, 0.3) is 0 Å². The number of nitrogen functional groups attached to an aromatic ring is 1. The van der Waals surface area contributed by atoms with Gasteiger partial charge >= 0.3 is 0 Å². The second kappa shape index (κ2) is 9.20. The molecule has 0 aliphatic heterocycles. The zero-order valence-corrected chi connectivity index (χ0v) is 12.2. The molecule has 0 radical (unpaired) electrons. The summed E-state index contributed by atoms with van der Waals surface area (Å²) in [6, 6.07) is 7.10. The van der Waals surface area contributed by atoms with E-state index in [9.17, 15) is 4.79 Å². The topological polar surface area (TPSA) is 73.6 Å². The minimum atomic E-state index is -0.0337. The highest BCUT2D eigenvalue weighted by Gasteiger charge is 2.02. The molecule has 0 bridgehead atoms. The molecule has 0 spiro atoms. The zero-order chi connectivity index (χ0) is 14.8. The van der Waals surface area contributed by atoms with Gasteiger partial charge in [0.2, 0.25) is 5.91 Å². The van der Waals surface area contributed by atoms with Crippen molar-refractivity contribution in [1.29, 1.82) is 0 Å². The van der Waals surface area contributed by atoms with E-state index >= 15 is 0 Å². The van der Waals surface area contributed by atoms with Crippen molar-refractivity contribution in [3.05, 3.63) is 24.3 Å². The third-order valence-electron chi connectivity index (χ3n) is 2.50. The maximum Gasteiger partial charge on any atom is 0.223 e. The fourth-order valence-corrected chi connectivity index (χ4v) is 1.50. The average molecular weight is 280 g/mol. The molecule has 1 aromatic rings. The second-order valence-corrected chi connectivity index (χ2v) is 4.99. The Morgan fingerprint density at radius 1 is 1.25 bits per heavy atom. The predicted octanol–water partition coefficient (Wildman–Crippen LogP) is 1.83. The number of hydrogen-bond donors (Lipinski definition) is 2. The lowest BCUT2D eigenvalue weighted by atomic mass is 10.2. The average Bonchev–Trinajstić information content (AvgIpc) is 2.40. The number of ether oxygens (including phenoxy) is 2. The first-order valence-corrected chi connectivity index (χ1v) is 6.90. The summed E-state index contributed by atoms with van der Waals surface area (Å²) in [6.07, 6.45) is 0.328. The third kappa shape index (κ3) is 7.63. The van der Waals surface area contributed by atoms with Crippen molar-refractivity contribution < 1.29 is 14.3 Å². The van der Waals surface area contributed by atoms with Crippen molar-refractivity contribution in [2.45, 2.75) is 20.3 Å². The summed E-state index contributed by atoms with van der Waals surface area (Å²) in [7, 11) is 0. The zero-order valence-electron chi connectivity index (χ0n) is 12.2. The van der Waals surface area contributed by atoms with Gasteiger partial charge in [-0.1, -0.05) is 13.8 Å². The van der Waals surface area contributed by atoms with Crippen molar-refractivity contribution in [3.63, 3.8) is 0 Å². The number of anilines is 1. The van der Waals surface area contributed by atoms with Gasteiger partial charge in [0.1, 0.15) is 5.75 Å². The van der Waals surface area contributed by atoms with Gasteiger partial charge in [-0.2, -0.15) is 0 Å². The molecule has 0 saturated heterocycles. The Kier molecular flexibility index (Phi) is 7.50. The molecule has 0 saturated carbocycles. The van der Waals surface area contributed by atoms with E-state index in [-0.39, 0.29) is 5.91 Å². The van der Waals surface area contributed by atoms with E-state index in [1.807, 2.05) is 0 Å². The number of hydrogen-bond acceptors (Lipinski definition) is 4. The summed E-state index contributed by atoms with van der Waals surface area (Å²) in [4.78, 5) is 11.5. The third-order valence-corrected chi connectivity index (χ3v) is 2.50. The molecule has 20 heavy (non-hydrogen) atoms. The molecule has 0 fully saturated rings. The number of benzene rings is 1. The van der Waals surface area contributed by atoms with Gasteiger partial charge in [-0.3, -0.25) is 4.79 Å². The standard InChI is InChI=1S/C15H24N2O3/c1-12(2)11-19-10-8-17-15(18)7-9-20-14-5-3-13(16)4-6-14/h3-6,12H,7-11,16H2,1-2H3,(H,17,18). The molecule has 0 aliphatic rings. The molecule has 1 aromatic carbocycles. The Hall–Kier alpha value is -1.75. The molecular weight excluding hydrogens is 256 g/mol. The molecule has 3 N–H and O–H groups in total. The van der Waals surface area contributed by atoms with Gasteiger partial charge in [0.05, 0.1) is 19.6 Å². The highest BCUT2D eigenvalue weighted by Crippen LogP contribution is 2.12. The van der Waals surface area contributed by atoms with Gasteiger partial charge in [-0.25, -0.2) is 0 Å². The fourth-order valence-electron chi connectivity index (χ4n) is 1.50. The van der Waals surface area contributed by atoms with E-state index in [4.69, 9.17) is 15.2 Å². The Balaban J connectivity index is 2.04. The van der Waals surface area contributed by atoms with E-state index < -0.39 is 0 Å². The van der Waals surface area contributed by atoms with E-state index in [2.05, 4.69) is 19.2 Å². The summed E-state index contributed by atoms with van der Waals surface area (Å²) >= 11 is 0. The molecule has 5 heteroatoms. The van der Waals surface area contributed by atoms with E-state index in [1.165, 1.54) is 0 Å². The Morgan fingerprint density at radius 3 is 2.60 bits per heavy atom. The van der Waals surface area contributed by atoms with Crippen LogP contribution in [0.15, 0.2) is 24.3 Å². The van der Waals surface area contributed by atoms with Gasteiger partial charge in [-0.05, 0) is 30.2 Å². The van der Waals surface area contributed by atoms with Gasteiger partial charge in [0.15, 0.2) is 0 Å². The molecule has 0 aliphatic carbocycles. The lowest BCUT2D eigenvalue weighted by Crippen LogP contribution is -2.28. The lowest BCUT2D eigenvalue weighted by molar-refractivity contribution is -0.121. The van der Waals surface area contributed by atoms with Crippen LogP contribution < -0.4 is 15.8 Å². The van der Waals surface area contributed by atoms with Crippen LogP contribution in [0.4, 0.5) is 5.69 Å². The second-order valence-electron chi connectivity index (χ2n) is 4.99.